The molecule has 2 aromatic rings. The van der Waals surface area contributed by atoms with E-state index in [-0.39, 0.29) is 24.7 Å². The van der Waals surface area contributed by atoms with Crippen molar-refractivity contribution in [2.75, 3.05) is 39.4 Å². The molecule has 2 amide bonds. The number of piperidine rings is 1. The first-order chi connectivity index (χ1) is 15.9. The normalized spacial score (nSPS) is 21.7. The SMILES string of the molecule is O=C(N1CCCC(COc2ncccc2C(F)(F)F)C1)N1CCOC(Cc2ccccc2)C1. The van der Waals surface area contributed by atoms with Gasteiger partial charge in [0.05, 0.1) is 19.3 Å². The summed E-state index contributed by atoms with van der Waals surface area (Å²) in [5, 5.41) is 0. The topological polar surface area (TPSA) is 54.9 Å². The summed E-state index contributed by atoms with van der Waals surface area (Å²) in [6, 6.07) is 12.2. The molecule has 1 aromatic heterocycles. The van der Waals surface area contributed by atoms with Crippen molar-refractivity contribution in [3.05, 3.63) is 59.8 Å². The van der Waals surface area contributed by atoms with Gasteiger partial charge in [0.2, 0.25) is 5.88 Å². The first-order valence-corrected chi connectivity index (χ1v) is 11.2. The fraction of sp³-hybridized carbons (Fsp3) is 0.500. The Bertz CT molecular complexity index is 926. The average molecular weight is 464 g/mol. The van der Waals surface area contributed by atoms with Crippen LogP contribution in [0, 0.1) is 5.92 Å². The van der Waals surface area contributed by atoms with Gasteiger partial charge in [0, 0.05) is 44.7 Å². The number of morpholine rings is 1. The zero-order chi connectivity index (χ0) is 23.3. The largest absolute Gasteiger partial charge is 0.477 e. The van der Waals surface area contributed by atoms with Crippen molar-refractivity contribution in [1.82, 2.24) is 14.8 Å². The van der Waals surface area contributed by atoms with Gasteiger partial charge in [-0.15, -0.1) is 0 Å². The monoisotopic (exact) mass is 463 g/mol. The number of aromatic nitrogens is 1. The Labute approximate surface area is 191 Å². The molecule has 3 heterocycles. The lowest BCUT2D eigenvalue weighted by atomic mass is 9.99. The predicted molar refractivity (Wildman–Crippen MR) is 116 cm³/mol. The molecule has 9 heteroatoms. The minimum atomic E-state index is -4.52. The van der Waals surface area contributed by atoms with Gasteiger partial charge in [-0.1, -0.05) is 30.3 Å². The molecule has 6 nitrogen and oxygen atoms in total. The van der Waals surface area contributed by atoms with Crippen LogP contribution in [0.3, 0.4) is 0 Å². The number of rotatable bonds is 5. The Hall–Kier alpha value is -2.81. The number of benzene rings is 1. The second kappa shape index (κ2) is 10.4. The van der Waals surface area contributed by atoms with E-state index in [1.807, 2.05) is 35.2 Å². The van der Waals surface area contributed by atoms with Crippen LogP contribution in [0.5, 0.6) is 5.88 Å². The molecule has 0 N–H and O–H groups in total. The van der Waals surface area contributed by atoms with Gasteiger partial charge in [0.1, 0.15) is 5.56 Å². The minimum Gasteiger partial charge on any atom is -0.477 e. The van der Waals surface area contributed by atoms with Crippen molar-refractivity contribution in [3.63, 3.8) is 0 Å². The van der Waals surface area contributed by atoms with E-state index in [4.69, 9.17) is 9.47 Å². The Kier molecular flexibility index (Phi) is 7.37. The summed E-state index contributed by atoms with van der Waals surface area (Å²) in [6.07, 6.45) is -0.980. The van der Waals surface area contributed by atoms with E-state index < -0.39 is 17.6 Å². The van der Waals surface area contributed by atoms with E-state index in [0.29, 0.717) is 32.8 Å². The van der Waals surface area contributed by atoms with Gasteiger partial charge in [-0.2, -0.15) is 13.2 Å². The maximum absolute atomic E-state index is 13.2. The predicted octanol–water partition coefficient (Wildman–Crippen LogP) is 4.25. The maximum atomic E-state index is 13.2. The van der Waals surface area contributed by atoms with Crippen LogP contribution in [-0.2, 0) is 17.3 Å². The van der Waals surface area contributed by atoms with Gasteiger partial charge in [-0.3, -0.25) is 0 Å². The lowest BCUT2D eigenvalue weighted by Gasteiger charge is -2.39. The molecule has 33 heavy (non-hydrogen) atoms. The lowest BCUT2D eigenvalue weighted by molar-refractivity contribution is -0.139. The highest BCUT2D eigenvalue weighted by molar-refractivity contribution is 5.74. The first-order valence-electron chi connectivity index (χ1n) is 11.2. The zero-order valence-corrected chi connectivity index (χ0v) is 18.3. The lowest BCUT2D eigenvalue weighted by Crippen LogP contribution is -2.53. The second-order valence-electron chi connectivity index (χ2n) is 8.53. The number of hydrogen-bond acceptors (Lipinski definition) is 4. The van der Waals surface area contributed by atoms with Crippen LogP contribution in [0.15, 0.2) is 48.7 Å². The molecule has 0 bridgehead atoms. The number of halogens is 3. The molecular formula is C24H28F3N3O3. The summed E-state index contributed by atoms with van der Waals surface area (Å²) in [5.41, 5.74) is 0.284. The number of carbonyl (C=O) groups excluding carboxylic acids is 1. The number of alkyl halides is 3. The number of hydrogen-bond donors (Lipinski definition) is 0. The number of likely N-dealkylation sites (tertiary alicyclic amines) is 1. The van der Waals surface area contributed by atoms with Gasteiger partial charge in [0.25, 0.3) is 0 Å². The molecule has 4 rings (SSSR count). The third-order valence-electron chi connectivity index (χ3n) is 6.04. The number of pyridine rings is 1. The van der Waals surface area contributed by atoms with Crippen LogP contribution in [0.1, 0.15) is 24.0 Å². The van der Waals surface area contributed by atoms with Gasteiger partial charge < -0.3 is 19.3 Å². The fourth-order valence-electron chi connectivity index (χ4n) is 4.39. The molecule has 2 saturated heterocycles. The molecule has 2 aliphatic heterocycles. The van der Waals surface area contributed by atoms with E-state index >= 15 is 0 Å². The van der Waals surface area contributed by atoms with Crippen LogP contribution in [-0.4, -0.2) is 66.3 Å². The molecule has 2 atom stereocenters. The summed E-state index contributed by atoms with van der Waals surface area (Å²) in [4.78, 5) is 20.5. The van der Waals surface area contributed by atoms with Gasteiger partial charge in [-0.25, -0.2) is 9.78 Å². The van der Waals surface area contributed by atoms with E-state index in [2.05, 4.69) is 4.98 Å². The number of urea groups is 1. The van der Waals surface area contributed by atoms with E-state index in [1.54, 1.807) is 4.90 Å². The summed E-state index contributed by atoms with van der Waals surface area (Å²) in [5.74, 6) is -0.461. The van der Waals surface area contributed by atoms with Gasteiger partial charge in [0.15, 0.2) is 0 Å². The van der Waals surface area contributed by atoms with Crippen LogP contribution in [0.2, 0.25) is 0 Å². The van der Waals surface area contributed by atoms with E-state index in [0.717, 1.165) is 25.3 Å². The number of ether oxygens (including phenoxy) is 2. The zero-order valence-electron chi connectivity index (χ0n) is 18.3. The molecule has 1 aromatic carbocycles. The van der Waals surface area contributed by atoms with Crippen LogP contribution < -0.4 is 4.74 Å². The van der Waals surface area contributed by atoms with Gasteiger partial charge >= 0.3 is 12.2 Å². The average Bonchev–Trinajstić information content (AvgIpc) is 2.83. The molecule has 0 radical (unpaired) electrons. The van der Waals surface area contributed by atoms with Gasteiger partial charge in [-0.05, 0) is 30.5 Å². The molecular weight excluding hydrogens is 435 g/mol. The Morgan fingerprint density at radius 3 is 2.67 bits per heavy atom. The van der Waals surface area contributed by atoms with Crippen LogP contribution >= 0.6 is 0 Å². The smallest absolute Gasteiger partial charge is 0.421 e. The first kappa shape index (κ1) is 23.4. The standard InChI is InChI=1S/C24H28F3N3O3/c25-24(26,27)21-9-4-10-28-22(21)33-17-19-8-5-11-29(15-19)23(31)30-12-13-32-20(16-30)14-18-6-2-1-3-7-18/h1-4,6-7,9-10,19-20H,5,8,11-17H2. The van der Waals surface area contributed by atoms with E-state index in [9.17, 15) is 18.0 Å². The minimum absolute atomic E-state index is 0.0464. The number of carbonyl (C=O) groups is 1. The quantitative estimate of drug-likeness (QED) is 0.665. The van der Waals surface area contributed by atoms with Crippen molar-refractivity contribution in [3.8, 4) is 5.88 Å². The molecule has 0 saturated carbocycles. The number of amides is 2. The number of nitrogens with zero attached hydrogens (tertiary/aromatic N) is 3. The Balaban J connectivity index is 1.31. The molecule has 2 unspecified atom stereocenters. The third kappa shape index (κ3) is 6.16. The second-order valence-corrected chi connectivity index (χ2v) is 8.53. The summed E-state index contributed by atoms with van der Waals surface area (Å²) in [6.45, 7) is 2.72. The van der Waals surface area contributed by atoms with Crippen molar-refractivity contribution < 1.29 is 27.4 Å². The molecule has 0 aliphatic carbocycles. The summed E-state index contributed by atoms with van der Waals surface area (Å²) < 4.78 is 50.8. The van der Waals surface area contributed by atoms with Crippen LogP contribution in [0.25, 0.3) is 0 Å². The van der Waals surface area contributed by atoms with Crippen molar-refractivity contribution >= 4 is 6.03 Å². The highest BCUT2D eigenvalue weighted by atomic mass is 19.4. The maximum Gasteiger partial charge on any atom is 0.421 e. The van der Waals surface area contributed by atoms with Crippen LogP contribution in [0.4, 0.5) is 18.0 Å². The summed E-state index contributed by atoms with van der Waals surface area (Å²) in [7, 11) is 0. The Morgan fingerprint density at radius 2 is 1.88 bits per heavy atom. The molecule has 178 valence electrons. The summed E-state index contributed by atoms with van der Waals surface area (Å²) >= 11 is 0. The van der Waals surface area contributed by atoms with E-state index in [1.165, 1.54) is 17.8 Å². The Morgan fingerprint density at radius 1 is 1.09 bits per heavy atom. The highest BCUT2D eigenvalue weighted by Crippen LogP contribution is 2.35. The molecule has 0 spiro atoms. The molecule has 2 aliphatic rings. The fourth-order valence-corrected chi connectivity index (χ4v) is 4.39. The third-order valence-corrected chi connectivity index (χ3v) is 6.04. The van der Waals surface area contributed by atoms with Crippen molar-refractivity contribution in [2.24, 2.45) is 5.92 Å². The highest BCUT2D eigenvalue weighted by Gasteiger charge is 2.36. The van der Waals surface area contributed by atoms with Crippen molar-refractivity contribution in [2.45, 2.75) is 31.5 Å². The van der Waals surface area contributed by atoms with Crippen molar-refractivity contribution in [1.29, 1.82) is 0 Å². The molecule has 2 fully saturated rings.